The van der Waals surface area contributed by atoms with Crippen LogP contribution in [0.25, 0.3) is 0 Å². The SMILES string of the molecule is O=C(Nc1cc([N+](=O)[O-])ccc1C(=O)O)c1csc(I)c1. The van der Waals surface area contributed by atoms with Crippen molar-refractivity contribution < 1.29 is 19.6 Å². The van der Waals surface area contributed by atoms with E-state index in [0.29, 0.717) is 5.56 Å². The van der Waals surface area contributed by atoms with Gasteiger partial charge < -0.3 is 10.4 Å². The first-order chi connectivity index (χ1) is 9.88. The third-order valence-corrected chi connectivity index (χ3v) is 4.31. The van der Waals surface area contributed by atoms with Crippen LogP contribution in [0.5, 0.6) is 0 Å². The van der Waals surface area contributed by atoms with Crippen LogP contribution in [0.4, 0.5) is 11.4 Å². The Morgan fingerprint density at radius 3 is 2.57 bits per heavy atom. The van der Waals surface area contributed by atoms with Gasteiger partial charge in [0.2, 0.25) is 0 Å². The van der Waals surface area contributed by atoms with Gasteiger partial charge in [0, 0.05) is 17.5 Å². The number of anilines is 1. The van der Waals surface area contributed by atoms with E-state index in [2.05, 4.69) is 27.9 Å². The second-order valence-electron chi connectivity index (χ2n) is 3.89. The average molecular weight is 418 g/mol. The number of aromatic carboxylic acids is 1. The number of carboxylic acid groups (broad SMARTS) is 1. The van der Waals surface area contributed by atoms with E-state index >= 15 is 0 Å². The predicted molar refractivity (Wildman–Crippen MR) is 85.0 cm³/mol. The molecule has 1 heterocycles. The van der Waals surface area contributed by atoms with Gasteiger partial charge >= 0.3 is 5.97 Å². The van der Waals surface area contributed by atoms with Crippen molar-refractivity contribution in [2.24, 2.45) is 0 Å². The number of nitrogens with zero attached hydrogens (tertiary/aromatic N) is 1. The number of carbonyl (C=O) groups excluding carboxylic acids is 1. The number of hydrogen-bond donors (Lipinski definition) is 2. The zero-order valence-electron chi connectivity index (χ0n) is 10.2. The topological polar surface area (TPSA) is 110 Å². The number of halogens is 1. The van der Waals surface area contributed by atoms with Crippen LogP contribution in [0.15, 0.2) is 29.6 Å². The minimum atomic E-state index is -1.28. The molecule has 0 aliphatic carbocycles. The number of benzene rings is 1. The van der Waals surface area contributed by atoms with E-state index in [1.54, 1.807) is 11.4 Å². The molecule has 1 aromatic heterocycles. The number of thiophene rings is 1. The van der Waals surface area contributed by atoms with E-state index in [1.165, 1.54) is 11.3 Å². The lowest BCUT2D eigenvalue weighted by molar-refractivity contribution is -0.384. The Morgan fingerprint density at radius 2 is 2.05 bits per heavy atom. The summed E-state index contributed by atoms with van der Waals surface area (Å²) in [5.74, 6) is -1.79. The van der Waals surface area contributed by atoms with Crippen molar-refractivity contribution in [2.45, 2.75) is 0 Å². The number of hydrogen-bond acceptors (Lipinski definition) is 5. The van der Waals surface area contributed by atoms with Crippen LogP contribution in [0.2, 0.25) is 0 Å². The molecule has 7 nitrogen and oxygen atoms in total. The molecule has 0 saturated carbocycles. The monoisotopic (exact) mass is 418 g/mol. The maximum absolute atomic E-state index is 12.0. The highest BCUT2D eigenvalue weighted by Crippen LogP contribution is 2.24. The summed E-state index contributed by atoms with van der Waals surface area (Å²) in [5, 5.41) is 23.8. The summed E-state index contributed by atoms with van der Waals surface area (Å²) >= 11 is 3.41. The van der Waals surface area contributed by atoms with Gasteiger partial charge in [-0.1, -0.05) is 0 Å². The summed E-state index contributed by atoms with van der Waals surface area (Å²) in [6.07, 6.45) is 0. The molecule has 0 fully saturated rings. The number of amides is 1. The van der Waals surface area contributed by atoms with Crippen molar-refractivity contribution in [1.29, 1.82) is 0 Å². The van der Waals surface area contributed by atoms with Gasteiger partial charge in [0.1, 0.15) is 0 Å². The van der Waals surface area contributed by atoms with Gasteiger partial charge in [-0.25, -0.2) is 4.79 Å². The molecule has 2 aromatic rings. The number of nitro benzene ring substituents is 1. The summed E-state index contributed by atoms with van der Waals surface area (Å²) in [4.78, 5) is 33.2. The Kier molecular flexibility index (Phi) is 4.53. The summed E-state index contributed by atoms with van der Waals surface area (Å²) < 4.78 is 0.898. The molecule has 0 radical (unpaired) electrons. The summed E-state index contributed by atoms with van der Waals surface area (Å²) in [7, 11) is 0. The van der Waals surface area contributed by atoms with Crippen LogP contribution in [0.1, 0.15) is 20.7 Å². The van der Waals surface area contributed by atoms with Gasteiger partial charge in [-0.3, -0.25) is 14.9 Å². The van der Waals surface area contributed by atoms with E-state index in [0.717, 1.165) is 21.1 Å². The van der Waals surface area contributed by atoms with Crippen molar-refractivity contribution in [3.05, 3.63) is 53.8 Å². The number of carbonyl (C=O) groups is 2. The molecule has 0 bridgehead atoms. The Balaban J connectivity index is 2.37. The lowest BCUT2D eigenvalue weighted by Gasteiger charge is -2.07. The van der Waals surface area contributed by atoms with Crippen LogP contribution in [0, 0.1) is 13.0 Å². The zero-order chi connectivity index (χ0) is 15.6. The number of nitro groups is 1. The molecule has 2 rings (SSSR count). The van der Waals surface area contributed by atoms with Gasteiger partial charge in [-0.05, 0) is 34.7 Å². The first kappa shape index (κ1) is 15.4. The maximum atomic E-state index is 12.0. The molecule has 0 unspecified atom stereocenters. The molecular formula is C12H7IN2O5S. The van der Waals surface area contributed by atoms with Crippen molar-refractivity contribution >= 4 is 57.2 Å². The van der Waals surface area contributed by atoms with Gasteiger partial charge in [-0.15, -0.1) is 11.3 Å². The smallest absolute Gasteiger partial charge is 0.337 e. The molecule has 2 N–H and O–H groups in total. The Labute approximate surface area is 135 Å². The number of nitrogens with one attached hydrogen (secondary N) is 1. The van der Waals surface area contributed by atoms with Crippen LogP contribution < -0.4 is 5.32 Å². The van der Waals surface area contributed by atoms with Crippen molar-refractivity contribution in [3.8, 4) is 0 Å². The molecule has 9 heteroatoms. The highest BCUT2D eigenvalue weighted by atomic mass is 127. The fourth-order valence-corrected chi connectivity index (χ4v) is 2.89. The molecule has 0 aliphatic heterocycles. The van der Waals surface area contributed by atoms with Gasteiger partial charge in [0.25, 0.3) is 11.6 Å². The molecule has 1 aromatic carbocycles. The molecule has 108 valence electrons. The van der Waals surface area contributed by atoms with E-state index in [-0.39, 0.29) is 16.9 Å². The second-order valence-corrected chi connectivity index (χ2v) is 6.69. The van der Waals surface area contributed by atoms with Crippen LogP contribution >= 0.6 is 33.9 Å². The summed E-state index contributed by atoms with van der Waals surface area (Å²) in [6.45, 7) is 0. The largest absolute Gasteiger partial charge is 0.478 e. The van der Waals surface area contributed by atoms with Crippen molar-refractivity contribution in [2.75, 3.05) is 5.32 Å². The Bertz CT molecular complexity index is 743. The van der Waals surface area contributed by atoms with Crippen molar-refractivity contribution in [1.82, 2.24) is 0 Å². The van der Waals surface area contributed by atoms with Crippen molar-refractivity contribution in [3.63, 3.8) is 0 Å². The van der Waals surface area contributed by atoms with E-state index in [4.69, 9.17) is 5.11 Å². The van der Waals surface area contributed by atoms with Gasteiger partial charge in [-0.2, -0.15) is 0 Å². The van der Waals surface area contributed by atoms with Crippen LogP contribution in [0.3, 0.4) is 0 Å². The number of non-ortho nitro benzene ring substituents is 1. The molecule has 0 spiro atoms. The minimum Gasteiger partial charge on any atom is -0.478 e. The normalized spacial score (nSPS) is 10.1. The zero-order valence-corrected chi connectivity index (χ0v) is 13.2. The highest BCUT2D eigenvalue weighted by molar-refractivity contribution is 14.1. The fourth-order valence-electron chi connectivity index (χ4n) is 1.56. The lowest BCUT2D eigenvalue weighted by atomic mass is 10.1. The standard InChI is InChI=1S/C12H7IN2O5S/c13-10-3-6(5-21-10)11(16)14-9-4-7(15(19)20)1-2-8(9)12(17)18/h1-5H,(H,14,16)(H,17,18). The molecule has 0 saturated heterocycles. The molecule has 21 heavy (non-hydrogen) atoms. The third kappa shape index (κ3) is 3.55. The molecular weight excluding hydrogens is 411 g/mol. The quantitative estimate of drug-likeness (QED) is 0.450. The molecule has 0 atom stereocenters. The number of rotatable bonds is 4. The van der Waals surface area contributed by atoms with Gasteiger partial charge in [0.05, 0.1) is 24.6 Å². The van der Waals surface area contributed by atoms with Crippen LogP contribution in [-0.4, -0.2) is 21.9 Å². The highest BCUT2D eigenvalue weighted by Gasteiger charge is 2.18. The lowest BCUT2D eigenvalue weighted by Crippen LogP contribution is -2.14. The van der Waals surface area contributed by atoms with Crippen LogP contribution in [-0.2, 0) is 0 Å². The van der Waals surface area contributed by atoms with E-state index < -0.39 is 16.8 Å². The molecule has 1 amide bonds. The Morgan fingerprint density at radius 1 is 1.33 bits per heavy atom. The maximum Gasteiger partial charge on any atom is 0.337 e. The fraction of sp³-hybridized carbons (Fsp3) is 0. The predicted octanol–water partition coefficient (Wildman–Crippen LogP) is 3.21. The number of carboxylic acids is 1. The minimum absolute atomic E-state index is 0.108. The Hall–Kier alpha value is -2.01. The van der Waals surface area contributed by atoms with E-state index in [1.807, 2.05) is 0 Å². The summed E-state index contributed by atoms with van der Waals surface area (Å²) in [5.41, 5.74) is -0.246. The first-order valence-corrected chi connectivity index (χ1v) is 7.41. The third-order valence-electron chi connectivity index (χ3n) is 2.52. The average Bonchev–Trinajstić information content (AvgIpc) is 2.85. The summed E-state index contributed by atoms with van der Waals surface area (Å²) in [6, 6.07) is 4.83. The second kappa shape index (κ2) is 6.18. The first-order valence-electron chi connectivity index (χ1n) is 5.45. The van der Waals surface area contributed by atoms with Gasteiger partial charge in [0.15, 0.2) is 0 Å². The van der Waals surface area contributed by atoms with E-state index in [9.17, 15) is 19.7 Å². The molecule has 0 aliphatic rings.